The first-order valence-corrected chi connectivity index (χ1v) is 9.69. The Labute approximate surface area is 181 Å². The molecule has 3 aromatic carbocycles. The van der Waals surface area contributed by atoms with Crippen LogP contribution in [0, 0.1) is 0 Å². The zero-order valence-corrected chi connectivity index (χ0v) is 16.7. The lowest BCUT2D eigenvalue weighted by atomic mass is 10.0. The summed E-state index contributed by atoms with van der Waals surface area (Å²) in [7, 11) is 0. The molecule has 0 fully saturated rings. The van der Waals surface area contributed by atoms with Crippen molar-refractivity contribution in [1.29, 1.82) is 0 Å². The van der Waals surface area contributed by atoms with Gasteiger partial charge in [-0.05, 0) is 35.9 Å². The van der Waals surface area contributed by atoms with E-state index < -0.39 is 17.7 Å². The van der Waals surface area contributed by atoms with E-state index >= 15 is 0 Å². The van der Waals surface area contributed by atoms with Gasteiger partial charge in [0, 0.05) is 16.0 Å². The largest absolute Gasteiger partial charge is 0.457 e. The van der Waals surface area contributed by atoms with E-state index in [2.05, 4.69) is 4.98 Å². The number of pyridine rings is 1. The average Bonchev–Trinajstić information content (AvgIpc) is 2.76. The molecular formula is C24H15ClF3NO2. The van der Waals surface area contributed by atoms with E-state index in [4.69, 9.17) is 16.3 Å². The Bertz CT molecular complexity index is 1270. The Morgan fingerprint density at radius 3 is 2.45 bits per heavy atom. The third kappa shape index (κ3) is 4.54. The summed E-state index contributed by atoms with van der Waals surface area (Å²) >= 11 is 6.29. The van der Waals surface area contributed by atoms with Gasteiger partial charge >= 0.3 is 12.1 Å². The summed E-state index contributed by atoms with van der Waals surface area (Å²) < 4.78 is 44.1. The molecule has 0 bridgehead atoms. The highest BCUT2D eigenvalue weighted by Crippen LogP contribution is 2.31. The molecule has 0 aliphatic heterocycles. The first kappa shape index (κ1) is 20.9. The van der Waals surface area contributed by atoms with Gasteiger partial charge in [-0.2, -0.15) is 13.2 Å². The standard InChI is InChI=1S/C24H15ClF3NO2/c25-20-10-3-1-9-18(20)22-13-19(17-8-2-4-11-21(17)29-22)23(30)31-14-15-6-5-7-16(12-15)24(26,27)28/h1-13H,14H2. The van der Waals surface area contributed by atoms with Crippen LogP contribution in [-0.2, 0) is 17.5 Å². The molecule has 0 spiro atoms. The lowest BCUT2D eigenvalue weighted by molar-refractivity contribution is -0.137. The van der Waals surface area contributed by atoms with Gasteiger partial charge in [0.1, 0.15) is 6.61 Å². The number of hydrogen-bond acceptors (Lipinski definition) is 3. The zero-order valence-electron chi connectivity index (χ0n) is 16.0. The monoisotopic (exact) mass is 441 g/mol. The van der Waals surface area contributed by atoms with Gasteiger partial charge in [0.15, 0.2) is 0 Å². The molecule has 1 aromatic heterocycles. The molecule has 31 heavy (non-hydrogen) atoms. The van der Waals surface area contributed by atoms with Crippen LogP contribution in [0.2, 0.25) is 5.02 Å². The number of halogens is 4. The normalized spacial score (nSPS) is 11.5. The summed E-state index contributed by atoms with van der Waals surface area (Å²) in [6.45, 7) is -0.291. The zero-order chi connectivity index (χ0) is 22.0. The minimum absolute atomic E-state index is 0.243. The highest BCUT2D eigenvalue weighted by atomic mass is 35.5. The molecule has 3 nitrogen and oxygen atoms in total. The maximum atomic E-state index is 12.9. The van der Waals surface area contributed by atoms with Crippen LogP contribution in [-0.4, -0.2) is 11.0 Å². The molecule has 0 N–H and O–H groups in total. The third-order valence-corrected chi connectivity index (χ3v) is 5.04. The van der Waals surface area contributed by atoms with Crippen LogP contribution >= 0.6 is 11.6 Å². The highest BCUT2D eigenvalue weighted by Gasteiger charge is 2.30. The Kier molecular flexibility index (Phi) is 5.65. The van der Waals surface area contributed by atoms with Gasteiger partial charge in [0.25, 0.3) is 0 Å². The topological polar surface area (TPSA) is 39.2 Å². The predicted molar refractivity (Wildman–Crippen MR) is 113 cm³/mol. The molecule has 0 aliphatic rings. The summed E-state index contributed by atoms with van der Waals surface area (Å²) in [6.07, 6.45) is -4.47. The second kappa shape index (κ2) is 8.40. The minimum atomic E-state index is -4.47. The fourth-order valence-electron chi connectivity index (χ4n) is 3.22. The van der Waals surface area contributed by atoms with Gasteiger partial charge in [-0.25, -0.2) is 9.78 Å². The molecular weight excluding hydrogens is 427 g/mol. The molecule has 0 amide bonds. The maximum absolute atomic E-state index is 12.9. The van der Waals surface area contributed by atoms with Crippen molar-refractivity contribution in [2.45, 2.75) is 12.8 Å². The SMILES string of the molecule is O=C(OCc1cccc(C(F)(F)F)c1)c1cc(-c2ccccc2Cl)nc2ccccc12. The molecule has 4 aromatic rings. The fourth-order valence-corrected chi connectivity index (χ4v) is 3.45. The maximum Gasteiger partial charge on any atom is 0.416 e. The van der Waals surface area contributed by atoms with Crippen molar-refractivity contribution in [2.24, 2.45) is 0 Å². The van der Waals surface area contributed by atoms with E-state index in [0.717, 1.165) is 12.1 Å². The Balaban J connectivity index is 1.67. The smallest absolute Gasteiger partial charge is 0.416 e. The lowest BCUT2D eigenvalue weighted by Gasteiger charge is -2.12. The number of aromatic nitrogens is 1. The first-order chi connectivity index (χ1) is 14.8. The predicted octanol–water partition coefficient (Wildman–Crippen LogP) is 6.93. The Hall–Kier alpha value is -3.38. The number of fused-ring (bicyclic) bond motifs is 1. The number of rotatable bonds is 4. The van der Waals surface area contributed by atoms with Crippen molar-refractivity contribution in [2.75, 3.05) is 0 Å². The van der Waals surface area contributed by atoms with Crippen molar-refractivity contribution in [3.63, 3.8) is 0 Å². The molecule has 156 valence electrons. The van der Waals surface area contributed by atoms with Gasteiger partial charge < -0.3 is 4.74 Å². The van der Waals surface area contributed by atoms with Gasteiger partial charge in [-0.3, -0.25) is 0 Å². The summed E-state index contributed by atoms with van der Waals surface area (Å²) in [6, 6.07) is 20.4. The lowest BCUT2D eigenvalue weighted by Crippen LogP contribution is -2.09. The van der Waals surface area contributed by atoms with E-state index in [1.54, 1.807) is 48.5 Å². The fraction of sp³-hybridized carbons (Fsp3) is 0.0833. The van der Waals surface area contributed by atoms with E-state index in [1.165, 1.54) is 12.1 Å². The number of para-hydroxylation sites is 1. The number of nitrogens with zero attached hydrogens (tertiary/aromatic N) is 1. The second-order valence-corrected chi connectivity index (χ2v) is 7.23. The van der Waals surface area contributed by atoms with Crippen molar-refractivity contribution in [1.82, 2.24) is 4.98 Å². The van der Waals surface area contributed by atoms with E-state index in [9.17, 15) is 18.0 Å². The van der Waals surface area contributed by atoms with Gasteiger partial charge in [-0.15, -0.1) is 0 Å². The van der Waals surface area contributed by atoms with Crippen LogP contribution in [0.4, 0.5) is 13.2 Å². The average molecular weight is 442 g/mol. The molecule has 7 heteroatoms. The summed E-state index contributed by atoms with van der Waals surface area (Å²) in [5.74, 6) is -0.663. The number of alkyl halides is 3. The van der Waals surface area contributed by atoms with Crippen molar-refractivity contribution >= 4 is 28.5 Å². The molecule has 0 aliphatic carbocycles. The molecule has 0 atom stereocenters. The number of esters is 1. The number of carbonyl (C=O) groups is 1. The van der Waals surface area contributed by atoms with Crippen molar-refractivity contribution < 1.29 is 22.7 Å². The van der Waals surface area contributed by atoms with Gasteiger partial charge in [-0.1, -0.05) is 60.1 Å². The third-order valence-electron chi connectivity index (χ3n) is 4.71. The van der Waals surface area contributed by atoms with E-state index in [0.29, 0.717) is 27.2 Å². The number of hydrogen-bond donors (Lipinski definition) is 0. The number of ether oxygens (including phenoxy) is 1. The first-order valence-electron chi connectivity index (χ1n) is 9.31. The molecule has 0 saturated heterocycles. The number of carbonyl (C=O) groups excluding carboxylic acids is 1. The molecule has 0 unspecified atom stereocenters. The molecule has 0 radical (unpaired) electrons. The van der Waals surface area contributed by atoms with Crippen molar-refractivity contribution in [3.8, 4) is 11.3 Å². The summed E-state index contributed by atoms with van der Waals surface area (Å²) in [4.78, 5) is 17.5. The van der Waals surface area contributed by atoms with Crippen LogP contribution in [0.1, 0.15) is 21.5 Å². The van der Waals surface area contributed by atoms with Crippen LogP contribution in [0.25, 0.3) is 22.2 Å². The molecule has 1 heterocycles. The minimum Gasteiger partial charge on any atom is -0.457 e. The van der Waals surface area contributed by atoms with Crippen molar-refractivity contribution in [3.05, 3.63) is 101 Å². The highest BCUT2D eigenvalue weighted by molar-refractivity contribution is 6.33. The summed E-state index contributed by atoms with van der Waals surface area (Å²) in [5.41, 5.74) is 1.43. The molecule has 0 saturated carbocycles. The number of benzene rings is 3. The quantitative estimate of drug-likeness (QED) is 0.322. The van der Waals surface area contributed by atoms with Crippen LogP contribution < -0.4 is 0 Å². The van der Waals surface area contributed by atoms with Crippen LogP contribution in [0.3, 0.4) is 0 Å². The van der Waals surface area contributed by atoms with Gasteiger partial charge in [0.2, 0.25) is 0 Å². The van der Waals surface area contributed by atoms with Crippen LogP contribution in [0.15, 0.2) is 78.9 Å². The summed E-state index contributed by atoms with van der Waals surface area (Å²) in [5, 5.41) is 1.06. The van der Waals surface area contributed by atoms with E-state index in [1.807, 2.05) is 6.07 Å². The Morgan fingerprint density at radius 1 is 0.935 bits per heavy atom. The van der Waals surface area contributed by atoms with Crippen LogP contribution in [0.5, 0.6) is 0 Å². The Morgan fingerprint density at radius 2 is 1.68 bits per heavy atom. The van der Waals surface area contributed by atoms with E-state index in [-0.39, 0.29) is 17.7 Å². The second-order valence-electron chi connectivity index (χ2n) is 6.83. The molecule has 4 rings (SSSR count). The van der Waals surface area contributed by atoms with Gasteiger partial charge in [0.05, 0.1) is 22.3 Å².